The van der Waals surface area contributed by atoms with Crippen molar-refractivity contribution in [2.45, 2.75) is 44.5 Å². The monoisotopic (exact) mass is 362 g/mol. The van der Waals surface area contributed by atoms with Crippen molar-refractivity contribution in [2.75, 3.05) is 6.61 Å². The van der Waals surface area contributed by atoms with Gasteiger partial charge in [0, 0.05) is 18.0 Å². The Kier molecular flexibility index (Phi) is 5.38. The molecule has 2 aromatic rings. The molecule has 5 atom stereocenters. The lowest BCUT2D eigenvalue weighted by Gasteiger charge is -2.42. The second-order valence-electron chi connectivity index (χ2n) is 6.33. The van der Waals surface area contributed by atoms with Crippen LogP contribution in [0.15, 0.2) is 30.3 Å². The summed E-state index contributed by atoms with van der Waals surface area (Å²) in [6, 6.07) is 8.16. The molecule has 1 aromatic heterocycles. The number of pyridine rings is 1. The van der Waals surface area contributed by atoms with Gasteiger partial charge < -0.3 is 30.1 Å². The lowest BCUT2D eigenvalue weighted by Crippen LogP contribution is -2.65. The van der Waals surface area contributed by atoms with Gasteiger partial charge in [-0.1, -0.05) is 18.2 Å². The van der Waals surface area contributed by atoms with E-state index in [4.69, 9.17) is 9.47 Å². The molecule has 0 spiro atoms. The number of hydrogen-bond acceptors (Lipinski definition) is 7. The molecule has 3 rings (SSSR count). The van der Waals surface area contributed by atoms with Crippen molar-refractivity contribution in [2.24, 2.45) is 0 Å². The highest BCUT2D eigenvalue weighted by atomic mass is 16.7. The number of para-hydroxylation sites is 1. The minimum atomic E-state index is -1.36. The molecule has 1 amide bonds. The molecule has 4 N–H and O–H groups in total. The van der Waals surface area contributed by atoms with Gasteiger partial charge in [-0.2, -0.15) is 0 Å². The molecule has 0 radical (unpaired) electrons. The van der Waals surface area contributed by atoms with Gasteiger partial charge in [-0.25, -0.2) is 4.98 Å². The smallest absolute Gasteiger partial charge is 0.223 e. The van der Waals surface area contributed by atoms with Crippen LogP contribution in [-0.4, -0.2) is 63.5 Å². The minimum Gasteiger partial charge on any atom is -0.460 e. The number of benzene rings is 1. The molecular formula is C18H22N2O6. The van der Waals surface area contributed by atoms with Crippen LogP contribution >= 0.6 is 0 Å². The number of rotatable bonds is 4. The number of amides is 1. The fourth-order valence-electron chi connectivity index (χ4n) is 3.01. The number of aromatic nitrogens is 1. The van der Waals surface area contributed by atoms with E-state index >= 15 is 0 Å². The van der Waals surface area contributed by atoms with Crippen LogP contribution in [0.2, 0.25) is 0 Å². The molecule has 1 aromatic carbocycles. The van der Waals surface area contributed by atoms with Crippen molar-refractivity contribution in [3.8, 4) is 5.75 Å². The molecule has 5 unspecified atom stereocenters. The van der Waals surface area contributed by atoms with Crippen molar-refractivity contribution >= 4 is 16.8 Å². The van der Waals surface area contributed by atoms with Gasteiger partial charge in [-0.15, -0.1) is 0 Å². The first-order valence-corrected chi connectivity index (χ1v) is 8.33. The van der Waals surface area contributed by atoms with Gasteiger partial charge >= 0.3 is 0 Å². The van der Waals surface area contributed by atoms with Crippen LogP contribution in [-0.2, 0) is 9.53 Å². The summed E-state index contributed by atoms with van der Waals surface area (Å²) < 4.78 is 11.5. The number of nitrogens with one attached hydrogen (secondary N) is 1. The Morgan fingerprint density at radius 2 is 2.04 bits per heavy atom. The second kappa shape index (κ2) is 7.55. The molecule has 1 aliphatic heterocycles. The third-order valence-corrected chi connectivity index (χ3v) is 4.32. The molecule has 8 heteroatoms. The van der Waals surface area contributed by atoms with E-state index in [1.807, 2.05) is 25.1 Å². The van der Waals surface area contributed by atoms with Gasteiger partial charge in [0.05, 0.1) is 6.61 Å². The molecular weight excluding hydrogens is 340 g/mol. The summed E-state index contributed by atoms with van der Waals surface area (Å²) in [7, 11) is 0. The van der Waals surface area contributed by atoms with Gasteiger partial charge in [-0.3, -0.25) is 4.79 Å². The van der Waals surface area contributed by atoms with Crippen LogP contribution in [0.4, 0.5) is 0 Å². The standard InChI is InChI=1S/C18H22N2O6/c1-9-6-7-11-4-3-5-12(14(11)19-9)25-18-15(20-10(2)22)17(24)16(23)13(8-21)26-18/h3-7,13,15-18,21,23-24H,8H2,1-2H3,(H,20,22). The molecule has 2 heterocycles. The van der Waals surface area contributed by atoms with E-state index in [1.165, 1.54) is 6.92 Å². The maximum absolute atomic E-state index is 11.5. The van der Waals surface area contributed by atoms with E-state index in [0.717, 1.165) is 11.1 Å². The van der Waals surface area contributed by atoms with E-state index in [9.17, 15) is 20.1 Å². The maximum atomic E-state index is 11.5. The Hall–Kier alpha value is -2.26. The summed E-state index contributed by atoms with van der Waals surface area (Å²) in [5.74, 6) is -0.000353. The van der Waals surface area contributed by atoms with E-state index in [-0.39, 0.29) is 0 Å². The van der Waals surface area contributed by atoms with Crippen molar-refractivity contribution in [1.29, 1.82) is 0 Å². The average molecular weight is 362 g/mol. The highest BCUT2D eigenvalue weighted by Gasteiger charge is 2.46. The van der Waals surface area contributed by atoms with Crippen molar-refractivity contribution in [3.63, 3.8) is 0 Å². The predicted molar refractivity (Wildman–Crippen MR) is 92.5 cm³/mol. The largest absolute Gasteiger partial charge is 0.460 e. The Labute approximate surface area is 150 Å². The summed E-state index contributed by atoms with van der Waals surface area (Å²) in [6.07, 6.45) is -4.86. The number of fused-ring (bicyclic) bond motifs is 1. The summed E-state index contributed by atoms with van der Waals surface area (Å²) in [6.45, 7) is 2.64. The zero-order valence-corrected chi connectivity index (χ0v) is 14.5. The van der Waals surface area contributed by atoms with E-state index < -0.39 is 43.2 Å². The first-order valence-electron chi connectivity index (χ1n) is 8.33. The molecule has 1 fully saturated rings. The Morgan fingerprint density at radius 1 is 1.27 bits per heavy atom. The zero-order valence-electron chi connectivity index (χ0n) is 14.5. The van der Waals surface area contributed by atoms with Crippen LogP contribution in [0.3, 0.4) is 0 Å². The number of ether oxygens (including phenoxy) is 2. The number of carbonyl (C=O) groups is 1. The van der Waals surface area contributed by atoms with Crippen LogP contribution in [0, 0.1) is 6.92 Å². The van der Waals surface area contributed by atoms with Crippen molar-refractivity contribution in [1.82, 2.24) is 10.3 Å². The normalized spacial score (nSPS) is 28.7. The molecule has 1 saturated heterocycles. The van der Waals surface area contributed by atoms with Crippen LogP contribution in [0.5, 0.6) is 5.75 Å². The number of aryl methyl sites for hydroxylation is 1. The predicted octanol–water partition coefficient (Wildman–Crippen LogP) is -0.134. The Balaban J connectivity index is 1.95. The first-order chi connectivity index (χ1) is 12.4. The second-order valence-corrected chi connectivity index (χ2v) is 6.33. The fourth-order valence-corrected chi connectivity index (χ4v) is 3.01. The van der Waals surface area contributed by atoms with E-state index in [2.05, 4.69) is 10.3 Å². The Morgan fingerprint density at radius 3 is 2.73 bits per heavy atom. The van der Waals surface area contributed by atoms with Gasteiger partial charge in [0.2, 0.25) is 12.2 Å². The lowest BCUT2D eigenvalue weighted by atomic mass is 9.97. The topological polar surface area (TPSA) is 121 Å². The first kappa shape index (κ1) is 18.5. The number of aliphatic hydroxyl groups excluding tert-OH is 3. The van der Waals surface area contributed by atoms with Crippen molar-refractivity contribution < 1.29 is 29.6 Å². The molecule has 0 saturated carbocycles. The number of hydrogen-bond donors (Lipinski definition) is 4. The van der Waals surface area contributed by atoms with Gasteiger partial charge in [0.15, 0.2) is 0 Å². The number of aliphatic hydroxyl groups is 3. The molecule has 1 aliphatic rings. The lowest BCUT2D eigenvalue weighted by molar-refractivity contribution is -0.244. The fraction of sp³-hybridized carbons (Fsp3) is 0.444. The molecule has 8 nitrogen and oxygen atoms in total. The average Bonchev–Trinajstić information content (AvgIpc) is 2.61. The quantitative estimate of drug-likeness (QED) is 0.598. The maximum Gasteiger partial charge on any atom is 0.223 e. The van der Waals surface area contributed by atoms with Crippen molar-refractivity contribution in [3.05, 3.63) is 36.0 Å². The van der Waals surface area contributed by atoms with Crippen LogP contribution in [0.1, 0.15) is 12.6 Å². The van der Waals surface area contributed by atoms with E-state index in [0.29, 0.717) is 11.3 Å². The summed E-state index contributed by atoms with van der Waals surface area (Å²) in [5, 5.41) is 33.2. The SMILES string of the molecule is CC(=O)NC1C(Oc2cccc3ccc(C)nc23)OC(CO)C(O)C1O. The van der Waals surface area contributed by atoms with Crippen LogP contribution in [0.25, 0.3) is 10.9 Å². The minimum absolute atomic E-state index is 0.409. The van der Waals surface area contributed by atoms with Crippen LogP contribution < -0.4 is 10.1 Å². The van der Waals surface area contributed by atoms with Gasteiger partial charge in [0.1, 0.15) is 35.6 Å². The molecule has 140 valence electrons. The van der Waals surface area contributed by atoms with E-state index in [1.54, 1.807) is 12.1 Å². The third kappa shape index (κ3) is 3.63. The molecule has 0 bridgehead atoms. The number of carbonyl (C=O) groups excluding carboxylic acids is 1. The zero-order chi connectivity index (χ0) is 18.8. The molecule has 0 aliphatic carbocycles. The van der Waals surface area contributed by atoms with Gasteiger partial charge in [0.25, 0.3) is 0 Å². The summed E-state index contributed by atoms with van der Waals surface area (Å²) in [5.41, 5.74) is 1.42. The summed E-state index contributed by atoms with van der Waals surface area (Å²) >= 11 is 0. The highest BCUT2D eigenvalue weighted by molar-refractivity contribution is 5.84. The summed E-state index contributed by atoms with van der Waals surface area (Å²) in [4.78, 5) is 16.0. The number of nitrogens with zero attached hydrogens (tertiary/aromatic N) is 1. The Bertz CT molecular complexity index is 798. The highest BCUT2D eigenvalue weighted by Crippen LogP contribution is 2.29. The third-order valence-electron chi connectivity index (χ3n) is 4.32. The molecule has 26 heavy (non-hydrogen) atoms. The van der Waals surface area contributed by atoms with Gasteiger partial charge in [-0.05, 0) is 19.1 Å².